The topological polar surface area (TPSA) is 71.5 Å². The van der Waals surface area contributed by atoms with Gasteiger partial charge in [-0.3, -0.25) is 4.79 Å². The van der Waals surface area contributed by atoms with E-state index in [9.17, 15) is 4.79 Å². The molecule has 5 nitrogen and oxygen atoms in total. The molecular formula is C13H15BrN4O. The Balaban J connectivity index is 2.50. The number of aromatic amines is 1. The fraction of sp³-hybridized carbons (Fsp3) is 0.385. The Bertz CT molecular complexity index is 634. The quantitative estimate of drug-likeness (QED) is 0.942. The van der Waals surface area contributed by atoms with E-state index in [4.69, 9.17) is 0 Å². The van der Waals surface area contributed by atoms with Gasteiger partial charge in [-0.2, -0.15) is 0 Å². The lowest BCUT2D eigenvalue weighted by Gasteiger charge is -2.08. The zero-order valence-electron chi connectivity index (χ0n) is 11.1. The van der Waals surface area contributed by atoms with E-state index in [-0.39, 0.29) is 5.56 Å². The average Bonchev–Trinajstić information content (AvgIpc) is 2.35. The summed E-state index contributed by atoms with van der Waals surface area (Å²) >= 11 is 3.28. The molecule has 0 spiro atoms. The van der Waals surface area contributed by atoms with Gasteiger partial charge in [0.25, 0.3) is 5.56 Å². The first-order valence-electron chi connectivity index (χ1n) is 6.05. The normalized spacial score (nSPS) is 11.0. The third-order valence-corrected chi connectivity index (χ3v) is 3.34. The number of H-pyrrole nitrogens is 1. The number of aryl methyl sites for hydroxylation is 1. The summed E-state index contributed by atoms with van der Waals surface area (Å²) in [6.07, 6.45) is 4.13. The van der Waals surface area contributed by atoms with Crippen LogP contribution in [0.1, 0.15) is 25.1 Å². The molecule has 2 heterocycles. The average molecular weight is 323 g/mol. The zero-order valence-corrected chi connectivity index (χ0v) is 12.7. The van der Waals surface area contributed by atoms with Gasteiger partial charge in [-0.25, -0.2) is 15.0 Å². The van der Waals surface area contributed by atoms with Gasteiger partial charge < -0.3 is 4.98 Å². The molecule has 2 aromatic rings. The molecule has 0 amide bonds. The second-order valence-electron chi connectivity index (χ2n) is 4.86. The maximum Gasteiger partial charge on any atom is 0.265 e. The highest BCUT2D eigenvalue weighted by Crippen LogP contribution is 2.16. The van der Waals surface area contributed by atoms with Crippen molar-refractivity contribution in [3.8, 4) is 11.6 Å². The Labute approximate surface area is 119 Å². The molecule has 2 aromatic heterocycles. The molecule has 19 heavy (non-hydrogen) atoms. The molecule has 6 heteroatoms. The van der Waals surface area contributed by atoms with Gasteiger partial charge in [0.05, 0.1) is 5.69 Å². The second kappa shape index (κ2) is 5.61. The SMILES string of the molecule is Cc1cnc(-c2nc(CC(C)C)c(Br)c(=O)[nH]2)nc1. The van der Waals surface area contributed by atoms with Gasteiger partial charge in [0.2, 0.25) is 0 Å². The Morgan fingerprint density at radius 1 is 1.32 bits per heavy atom. The van der Waals surface area contributed by atoms with Gasteiger partial charge in [-0.1, -0.05) is 13.8 Å². The van der Waals surface area contributed by atoms with Crippen LogP contribution >= 0.6 is 15.9 Å². The van der Waals surface area contributed by atoms with Crippen molar-refractivity contribution < 1.29 is 0 Å². The molecule has 0 aliphatic heterocycles. The van der Waals surface area contributed by atoms with E-state index in [2.05, 4.69) is 49.7 Å². The molecule has 0 bridgehead atoms. The molecular weight excluding hydrogens is 308 g/mol. The number of hydrogen-bond acceptors (Lipinski definition) is 4. The Morgan fingerprint density at radius 2 is 1.95 bits per heavy atom. The minimum atomic E-state index is -0.204. The summed E-state index contributed by atoms with van der Waals surface area (Å²) in [5.74, 6) is 1.25. The first-order valence-corrected chi connectivity index (χ1v) is 6.84. The molecule has 100 valence electrons. The summed E-state index contributed by atoms with van der Waals surface area (Å²) in [7, 11) is 0. The third kappa shape index (κ3) is 3.26. The summed E-state index contributed by atoms with van der Waals surface area (Å²) in [5.41, 5.74) is 1.49. The number of nitrogens with one attached hydrogen (secondary N) is 1. The summed E-state index contributed by atoms with van der Waals surface area (Å²) in [5, 5.41) is 0. The van der Waals surface area contributed by atoms with E-state index in [1.54, 1.807) is 12.4 Å². The highest BCUT2D eigenvalue weighted by atomic mass is 79.9. The van der Waals surface area contributed by atoms with Crippen LogP contribution in [0.2, 0.25) is 0 Å². The molecule has 0 atom stereocenters. The zero-order chi connectivity index (χ0) is 14.0. The van der Waals surface area contributed by atoms with E-state index in [1.807, 2.05) is 6.92 Å². The molecule has 1 N–H and O–H groups in total. The number of hydrogen-bond donors (Lipinski definition) is 1. The van der Waals surface area contributed by atoms with Crippen molar-refractivity contribution in [1.29, 1.82) is 0 Å². The molecule has 2 rings (SSSR count). The van der Waals surface area contributed by atoms with E-state index in [0.29, 0.717) is 22.0 Å². The number of halogens is 1. The van der Waals surface area contributed by atoms with E-state index >= 15 is 0 Å². The lowest BCUT2D eigenvalue weighted by atomic mass is 10.1. The number of rotatable bonds is 3. The first kappa shape index (κ1) is 13.9. The van der Waals surface area contributed by atoms with Crippen molar-refractivity contribution in [2.75, 3.05) is 0 Å². The molecule has 0 fully saturated rings. The third-order valence-electron chi connectivity index (χ3n) is 2.53. The Kier molecular flexibility index (Phi) is 4.09. The molecule has 0 aliphatic carbocycles. The van der Waals surface area contributed by atoms with E-state index in [1.165, 1.54) is 0 Å². The van der Waals surface area contributed by atoms with Gasteiger partial charge in [0.1, 0.15) is 4.47 Å². The van der Waals surface area contributed by atoms with Crippen molar-refractivity contribution in [1.82, 2.24) is 19.9 Å². The van der Waals surface area contributed by atoms with Crippen LogP contribution < -0.4 is 5.56 Å². The van der Waals surface area contributed by atoms with Gasteiger partial charge in [0, 0.05) is 12.4 Å². The fourth-order valence-electron chi connectivity index (χ4n) is 1.65. The van der Waals surface area contributed by atoms with Gasteiger partial charge in [0.15, 0.2) is 11.6 Å². The monoisotopic (exact) mass is 322 g/mol. The van der Waals surface area contributed by atoms with E-state index in [0.717, 1.165) is 17.7 Å². The summed E-state index contributed by atoms with van der Waals surface area (Å²) in [4.78, 5) is 27.4. The lowest BCUT2D eigenvalue weighted by molar-refractivity contribution is 0.631. The van der Waals surface area contributed by atoms with Crippen LogP contribution in [0.25, 0.3) is 11.6 Å². The second-order valence-corrected chi connectivity index (χ2v) is 5.65. The van der Waals surface area contributed by atoms with Crippen LogP contribution in [-0.4, -0.2) is 19.9 Å². The highest BCUT2D eigenvalue weighted by Gasteiger charge is 2.13. The lowest BCUT2D eigenvalue weighted by Crippen LogP contribution is -2.15. The molecule has 0 aliphatic rings. The first-order chi connectivity index (χ1) is 8.97. The predicted octanol–water partition coefficient (Wildman–Crippen LogP) is 2.50. The predicted molar refractivity (Wildman–Crippen MR) is 76.9 cm³/mol. The van der Waals surface area contributed by atoms with E-state index < -0.39 is 0 Å². The van der Waals surface area contributed by atoms with Crippen molar-refractivity contribution in [2.24, 2.45) is 5.92 Å². The van der Waals surface area contributed by atoms with Crippen LogP contribution in [0.5, 0.6) is 0 Å². The largest absolute Gasteiger partial charge is 0.303 e. The van der Waals surface area contributed by atoms with Crippen molar-refractivity contribution in [3.05, 3.63) is 38.5 Å². The standard InChI is InChI=1S/C13H15BrN4O/c1-7(2)4-9-10(14)13(19)18-12(17-9)11-15-5-8(3)6-16-11/h5-7H,4H2,1-3H3,(H,17,18,19). The van der Waals surface area contributed by atoms with Crippen LogP contribution in [-0.2, 0) is 6.42 Å². The fourth-order valence-corrected chi connectivity index (χ4v) is 2.00. The smallest absolute Gasteiger partial charge is 0.265 e. The Morgan fingerprint density at radius 3 is 2.53 bits per heavy atom. The molecule has 0 saturated heterocycles. The molecule has 0 unspecified atom stereocenters. The van der Waals surface area contributed by atoms with Gasteiger partial charge >= 0.3 is 0 Å². The van der Waals surface area contributed by atoms with Crippen LogP contribution in [0.15, 0.2) is 21.7 Å². The summed E-state index contributed by atoms with van der Waals surface area (Å²) < 4.78 is 0.483. The minimum absolute atomic E-state index is 0.204. The van der Waals surface area contributed by atoms with Gasteiger partial charge in [-0.15, -0.1) is 0 Å². The van der Waals surface area contributed by atoms with Crippen molar-refractivity contribution in [3.63, 3.8) is 0 Å². The van der Waals surface area contributed by atoms with Crippen molar-refractivity contribution in [2.45, 2.75) is 27.2 Å². The summed E-state index contributed by atoms with van der Waals surface area (Å²) in [6.45, 7) is 6.07. The number of nitrogens with zero attached hydrogens (tertiary/aromatic N) is 3. The maximum atomic E-state index is 11.9. The summed E-state index contributed by atoms with van der Waals surface area (Å²) in [6, 6.07) is 0. The minimum Gasteiger partial charge on any atom is -0.303 e. The van der Waals surface area contributed by atoms with Crippen LogP contribution in [0.4, 0.5) is 0 Å². The molecule has 0 saturated carbocycles. The molecule has 0 aromatic carbocycles. The molecule has 0 radical (unpaired) electrons. The number of aromatic nitrogens is 4. The van der Waals surface area contributed by atoms with Crippen molar-refractivity contribution >= 4 is 15.9 Å². The van der Waals surface area contributed by atoms with Crippen LogP contribution in [0, 0.1) is 12.8 Å². The van der Waals surface area contributed by atoms with Gasteiger partial charge in [-0.05, 0) is 40.8 Å². The van der Waals surface area contributed by atoms with Crippen LogP contribution in [0.3, 0.4) is 0 Å². The Hall–Kier alpha value is -1.56. The highest BCUT2D eigenvalue weighted by molar-refractivity contribution is 9.10. The maximum absolute atomic E-state index is 11.9.